The van der Waals surface area contributed by atoms with E-state index in [1.54, 1.807) is 0 Å². The van der Waals surface area contributed by atoms with Gasteiger partial charge in [0.25, 0.3) is 0 Å². The number of ether oxygens (including phenoxy) is 1. The standard InChI is InChI=1S/C13H17ClOS/c14-12-4-2-11(3-5-12)8-15-9-13(10-16)6-1-7-13/h2-5,16H,1,6-10H2. The molecular weight excluding hydrogens is 240 g/mol. The quantitative estimate of drug-likeness (QED) is 0.785. The zero-order valence-corrected chi connectivity index (χ0v) is 10.9. The lowest BCUT2D eigenvalue weighted by atomic mass is 9.71. The lowest BCUT2D eigenvalue weighted by molar-refractivity contribution is 0.00219. The first kappa shape index (κ1) is 12.3. The van der Waals surface area contributed by atoms with Crippen molar-refractivity contribution in [1.82, 2.24) is 0 Å². The third-order valence-electron chi connectivity index (χ3n) is 3.34. The van der Waals surface area contributed by atoms with E-state index in [4.69, 9.17) is 16.3 Å². The Morgan fingerprint density at radius 3 is 2.44 bits per heavy atom. The lowest BCUT2D eigenvalue weighted by Crippen LogP contribution is -2.36. The molecule has 0 radical (unpaired) electrons. The van der Waals surface area contributed by atoms with Crippen LogP contribution in [0.1, 0.15) is 24.8 Å². The van der Waals surface area contributed by atoms with Gasteiger partial charge in [-0.15, -0.1) is 0 Å². The monoisotopic (exact) mass is 256 g/mol. The Labute approximate surface area is 108 Å². The van der Waals surface area contributed by atoms with Gasteiger partial charge in [-0.2, -0.15) is 12.6 Å². The average Bonchev–Trinajstić information content (AvgIpc) is 2.25. The first-order valence-electron chi connectivity index (χ1n) is 5.67. The predicted octanol–water partition coefficient (Wildman–Crippen LogP) is 3.96. The van der Waals surface area contributed by atoms with Crippen LogP contribution >= 0.6 is 24.2 Å². The van der Waals surface area contributed by atoms with Crippen LogP contribution in [0, 0.1) is 5.41 Å². The van der Waals surface area contributed by atoms with Crippen LogP contribution < -0.4 is 0 Å². The summed E-state index contributed by atoms with van der Waals surface area (Å²) in [6, 6.07) is 7.82. The minimum atomic E-state index is 0.357. The Morgan fingerprint density at radius 1 is 1.25 bits per heavy atom. The highest BCUT2D eigenvalue weighted by Crippen LogP contribution is 2.42. The molecule has 1 saturated carbocycles. The molecule has 0 aliphatic heterocycles. The summed E-state index contributed by atoms with van der Waals surface area (Å²) in [4.78, 5) is 0. The molecule has 0 bridgehead atoms. The molecule has 0 saturated heterocycles. The molecule has 0 heterocycles. The third kappa shape index (κ3) is 2.93. The largest absolute Gasteiger partial charge is 0.376 e. The molecule has 0 atom stereocenters. The van der Waals surface area contributed by atoms with E-state index in [1.165, 1.54) is 24.8 Å². The van der Waals surface area contributed by atoms with E-state index in [0.29, 0.717) is 12.0 Å². The summed E-state index contributed by atoms with van der Waals surface area (Å²) in [6.07, 6.45) is 3.85. The van der Waals surface area contributed by atoms with Gasteiger partial charge >= 0.3 is 0 Å². The van der Waals surface area contributed by atoms with Crippen molar-refractivity contribution in [1.29, 1.82) is 0 Å². The van der Waals surface area contributed by atoms with Crippen LogP contribution in [0.25, 0.3) is 0 Å². The molecule has 0 aromatic heterocycles. The average molecular weight is 257 g/mol. The molecular formula is C13H17ClOS. The van der Waals surface area contributed by atoms with Crippen molar-refractivity contribution in [3.63, 3.8) is 0 Å². The third-order valence-corrected chi connectivity index (χ3v) is 4.26. The van der Waals surface area contributed by atoms with Gasteiger partial charge in [0, 0.05) is 10.4 Å². The van der Waals surface area contributed by atoms with Gasteiger partial charge in [0.15, 0.2) is 0 Å². The van der Waals surface area contributed by atoms with Crippen LogP contribution in [-0.4, -0.2) is 12.4 Å². The number of hydrogen-bond acceptors (Lipinski definition) is 2. The van der Waals surface area contributed by atoms with Crippen molar-refractivity contribution in [2.75, 3.05) is 12.4 Å². The Balaban J connectivity index is 1.77. The second kappa shape index (κ2) is 5.44. The zero-order valence-electron chi connectivity index (χ0n) is 9.29. The summed E-state index contributed by atoms with van der Waals surface area (Å²) in [6.45, 7) is 1.51. The molecule has 0 unspecified atom stereocenters. The fraction of sp³-hybridized carbons (Fsp3) is 0.538. The number of rotatable bonds is 5. The van der Waals surface area contributed by atoms with E-state index in [-0.39, 0.29) is 0 Å². The maximum absolute atomic E-state index is 5.82. The maximum atomic E-state index is 5.82. The number of hydrogen-bond donors (Lipinski definition) is 1. The van der Waals surface area contributed by atoms with Gasteiger partial charge in [-0.25, -0.2) is 0 Å². The fourth-order valence-corrected chi connectivity index (χ4v) is 2.52. The molecule has 0 N–H and O–H groups in total. The minimum Gasteiger partial charge on any atom is -0.376 e. The van der Waals surface area contributed by atoms with Crippen LogP contribution in [0.15, 0.2) is 24.3 Å². The Bertz CT molecular complexity index is 327. The summed E-state index contributed by atoms with van der Waals surface area (Å²) in [5, 5.41) is 0.773. The van der Waals surface area contributed by atoms with E-state index in [2.05, 4.69) is 12.6 Å². The van der Waals surface area contributed by atoms with Crippen molar-refractivity contribution in [3.8, 4) is 0 Å². The Morgan fingerprint density at radius 2 is 1.94 bits per heavy atom. The molecule has 0 amide bonds. The van der Waals surface area contributed by atoms with Gasteiger partial charge in [0.1, 0.15) is 0 Å². The normalized spacial score (nSPS) is 18.1. The van der Waals surface area contributed by atoms with Crippen LogP contribution in [0.2, 0.25) is 5.02 Å². The summed E-state index contributed by atoms with van der Waals surface area (Å²) in [5.41, 5.74) is 1.54. The highest BCUT2D eigenvalue weighted by molar-refractivity contribution is 7.80. The molecule has 3 heteroatoms. The van der Waals surface area contributed by atoms with E-state index in [9.17, 15) is 0 Å². The van der Waals surface area contributed by atoms with E-state index in [1.807, 2.05) is 24.3 Å². The number of thiol groups is 1. The summed E-state index contributed by atoms with van der Waals surface area (Å²) in [5.74, 6) is 0.938. The van der Waals surface area contributed by atoms with Gasteiger partial charge in [-0.1, -0.05) is 30.2 Å². The fourth-order valence-electron chi connectivity index (χ4n) is 1.99. The van der Waals surface area contributed by atoms with Gasteiger partial charge in [0.2, 0.25) is 0 Å². The van der Waals surface area contributed by atoms with Gasteiger partial charge in [-0.3, -0.25) is 0 Å². The molecule has 1 aromatic carbocycles. The zero-order chi connectivity index (χ0) is 11.4. The highest BCUT2D eigenvalue weighted by atomic mass is 35.5. The second-order valence-corrected chi connectivity index (χ2v) is 5.38. The van der Waals surface area contributed by atoms with Crippen molar-refractivity contribution in [2.24, 2.45) is 5.41 Å². The van der Waals surface area contributed by atoms with Gasteiger partial charge in [-0.05, 0) is 36.3 Å². The van der Waals surface area contributed by atoms with Crippen molar-refractivity contribution in [3.05, 3.63) is 34.9 Å². The van der Waals surface area contributed by atoms with E-state index >= 15 is 0 Å². The lowest BCUT2D eigenvalue weighted by Gasteiger charge is -2.40. The van der Waals surface area contributed by atoms with Crippen molar-refractivity contribution < 1.29 is 4.74 Å². The van der Waals surface area contributed by atoms with Gasteiger partial charge < -0.3 is 4.74 Å². The van der Waals surface area contributed by atoms with Crippen LogP contribution in [0.3, 0.4) is 0 Å². The van der Waals surface area contributed by atoms with Crippen LogP contribution in [0.4, 0.5) is 0 Å². The Hall–Kier alpha value is -0.180. The smallest absolute Gasteiger partial charge is 0.0717 e. The molecule has 2 rings (SSSR count). The molecule has 1 aliphatic carbocycles. The predicted molar refractivity (Wildman–Crippen MR) is 71.2 cm³/mol. The molecule has 1 aromatic rings. The second-order valence-electron chi connectivity index (χ2n) is 4.63. The summed E-state index contributed by atoms with van der Waals surface area (Å²) >= 11 is 10.2. The van der Waals surface area contributed by atoms with Crippen LogP contribution in [0.5, 0.6) is 0 Å². The topological polar surface area (TPSA) is 9.23 Å². The first-order chi connectivity index (χ1) is 7.74. The van der Waals surface area contributed by atoms with Crippen LogP contribution in [-0.2, 0) is 11.3 Å². The van der Waals surface area contributed by atoms with Crippen molar-refractivity contribution >= 4 is 24.2 Å². The van der Waals surface area contributed by atoms with Crippen molar-refractivity contribution in [2.45, 2.75) is 25.9 Å². The van der Waals surface area contributed by atoms with E-state index < -0.39 is 0 Å². The number of halogens is 1. The molecule has 1 nitrogen and oxygen atoms in total. The molecule has 16 heavy (non-hydrogen) atoms. The molecule has 88 valence electrons. The minimum absolute atomic E-state index is 0.357. The van der Waals surface area contributed by atoms with Gasteiger partial charge in [0.05, 0.1) is 13.2 Å². The first-order valence-corrected chi connectivity index (χ1v) is 6.68. The molecule has 1 fully saturated rings. The maximum Gasteiger partial charge on any atom is 0.0717 e. The van der Waals surface area contributed by atoms with E-state index in [0.717, 1.165) is 17.4 Å². The molecule has 0 spiro atoms. The summed E-state index contributed by atoms with van der Waals surface area (Å²) < 4.78 is 5.77. The molecule has 1 aliphatic rings. The highest BCUT2D eigenvalue weighted by Gasteiger charge is 2.35. The SMILES string of the molecule is SCC1(COCc2ccc(Cl)cc2)CCC1. The number of benzene rings is 1. The Kier molecular flexibility index (Phi) is 4.17. The summed E-state index contributed by atoms with van der Waals surface area (Å²) in [7, 11) is 0.